The van der Waals surface area contributed by atoms with E-state index in [1.165, 1.54) is 49.7 Å². The monoisotopic (exact) mass is 489 g/mol. The van der Waals surface area contributed by atoms with Crippen LogP contribution in [0.4, 0.5) is 5.00 Å². The summed E-state index contributed by atoms with van der Waals surface area (Å²) in [6.45, 7) is 5.65. The Bertz CT molecular complexity index is 1230. The topological polar surface area (TPSA) is 56.1 Å². The molecule has 3 heterocycles. The highest BCUT2D eigenvalue weighted by atomic mass is 32.1. The van der Waals surface area contributed by atoms with E-state index in [1.54, 1.807) is 11.3 Å². The van der Waals surface area contributed by atoms with Crippen molar-refractivity contribution in [1.29, 1.82) is 5.26 Å². The lowest BCUT2D eigenvalue weighted by molar-refractivity contribution is -0.117. The van der Waals surface area contributed by atoms with Crippen LogP contribution >= 0.6 is 22.7 Å². The molecule has 1 unspecified atom stereocenters. The Morgan fingerprint density at radius 2 is 1.91 bits per heavy atom. The van der Waals surface area contributed by atoms with E-state index in [0.29, 0.717) is 12.1 Å². The van der Waals surface area contributed by atoms with Crippen molar-refractivity contribution >= 4 is 33.6 Å². The first-order valence-corrected chi connectivity index (χ1v) is 14.0. The second-order valence-electron chi connectivity index (χ2n) is 9.30. The number of thiophene rings is 2. The van der Waals surface area contributed by atoms with Crippen molar-refractivity contribution in [2.45, 2.75) is 64.8 Å². The van der Waals surface area contributed by atoms with Crippen molar-refractivity contribution in [3.05, 3.63) is 72.8 Å². The van der Waals surface area contributed by atoms with Crippen LogP contribution in [-0.2, 0) is 30.5 Å². The number of anilines is 1. The zero-order valence-electron chi connectivity index (χ0n) is 19.9. The summed E-state index contributed by atoms with van der Waals surface area (Å²) < 4.78 is 0. The molecule has 1 N–H and O–H groups in total. The molecule has 4 nitrogen and oxygen atoms in total. The van der Waals surface area contributed by atoms with E-state index >= 15 is 0 Å². The van der Waals surface area contributed by atoms with Gasteiger partial charge in [-0.3, -0.25) is 9.69 Å². The van der Waals surface area contributed by atoms with Crippen LogP contribution < -0.4 is 5.32 Å². The molecule has 3 aromatic rings. The van der Waals surface area contributed by atoms with E-state index in [9.17, 15) is 10.1 Å². The number of hydrogen-bond donors (Lipinski definition) is 1. The van der Waals surface area contributed by atoms with Crippen molar-refractivity contribution < 1.29 is 4.79 Å². The van der Waals surface area contributed by atoms with Gasteiger partial charge in [-0.2, -0.15) is 5.26 Å². The van der Waals surface area contributed by atoms with Gasteiger partial charge < -0.3 is 5.32 Å². The first-order chi connectivity index (χ1) is 16.6. The average molecular weight is 490 g/mol. The highest BCUT2D eigenvalue weighted by molar-refractivity contribution is 7.16. The van der Waals surface area contributed by atoms with Gasteiger partial charge in [0.25, 0.3) is 0 Å². The fraction of sp³-hybridized carbons (Fsp3) is 0.429. The smallest absolute Gasteiger partial charge is 0.239 e. The number of aryl methyl sites for hydroxylation is 2. The number of fused-ring (bicyclic) bond motifs is 2. The van der Waals surface area contributed by atoms with Crippen LogP contribution in [-0.4, -0.2) is 23.9 Å². The van der Waals surface area contributed by atoms with Gasteiger partial charge in [-0.05, 0) is 67.7 Å². The number of carbonyl (C=O) groups excluding carboxylic acids is 1. The normalized spacial score (nSPS) is 18.0. The number of nitrogens with one attached hydrogen (secondary N) is 1. The van der Waals surface area contributed by atoms with E-state index in [-0.39, 0.29) is 11.9 Å². The molecule has 1 amide bonds. The molecule has 2 aromatic heterocycles. The molecule has 6 heteroatoms. The number of carbonyl (C=O) groups is 1. The Labute approximate surface area is 210 Å². The van der Waals surface area contributed by atoms with Gasteiger partial charge in [0.1, 0.15) is 11.1 Å². The SMILES string of the molecule is CCc1c(C)sc2c1CCN(CC(=O)Nc1sc3c(c1C#N)CCCCC3)C2c1ccccc1. The summed E-state index contributed by atoms with van der Waals surface area (Å²) in [5, 5.41) is 13.7. The van der Waals surface area contributed by atoms with E-state index in [0.717, 1.165) is 43.6 Å². The van der Waals surface area contributed by atoms with Gasteiger partial charge in [0.15, 0.2) is 0 Å². The molecule has 176 valence electrons. The Hall–Kier alpha value is -2.46. The second-order valence-corrected chi connectivity index (χ2v) is 11.7. The third kappa shape index (κ3) is 4.33. The van der Waals surface area contributed by atoms with Crippen LogP contribution in [0, 0.1) is 18.3 Å². The molecule has 0 saturated carbocycles. The summed E-state index contributed by atoms with van der Waals surface area (Å²) in [6, 6.07) is 13.0. The highest BCUT2D eigenvalue weighted by Gasteiger charge is 2.33. The molecule has 1 aliphatic carbocycles. The Kier molecular flexibility index (Phi) is 6.87. The largest absolute Gasteiger partial charge is 0.315 e. The maximum Gasteiger partial charge on any atom is 0.239 e. The van der Waals surface area contributed by atoms with Crippen molar-refractivity contribution in [2.24, 2.45) is 0 Å². The van der Waals surface area contributed by atoms with E-state index in [1.807, 2.05) is 17.4 Å². The molecule has 0 spiro atoms. The highest BCUT2D eigenvalue weighted by Crippen LogP contribution is 2.43. The van der Waals surface area contributed by atoms with Crippen LogP contribution in [0.3, 0.4) is 0 Å². The molecular formula is C28H31N3OS2. The number of nitriles is 1. The number of nitrogens with zero attached hydrogens (tertiary/aromatic N) is 2. The van der Waals surface area contributed by atoms with E-state index < -0.39 is 0 Å². The third-order valence-electron chi connectivity index (χ3n) is 7.21. The first-order valence-electron chi connectivity index (χ1n) is 12.3. The molecule has 34 heavy (non-hydrogen) atoms. The number of benzene rings is 1. The minimum absolute atomic E-state index is 0.0266. The molecule has 5 rings (SSSR count). The van der Waals surface area contributed by atoms with Gasteiger partial charge >= 0.3 is 0 Å². The van der Waals surface area contributed by atoms with Gasteiger partial charge in [0.2, 0.25) is 5.91 Å². The Morgan fingerprint density at radius 1 is 1.12 bits per heavy atom. The quantitative estimate of drug-likeness (QED) is 0.422. The summed E-state index contributed by atoms with van der Waals surface area (Å²) in [5.41, 5.74) is 6.08. The number of hydrogen-bond acceptors (Lipinski definition) is 5. The van der Waals surface area contributed by atoms with Gasteiger partial charge in [0.05, 0.1) is 18.2 Å². The minimum Gasteiger partial charge on any atom is -0.315 e. The number of rotatable bonds is 5. The van der Waals surface area contributed by atoms with E-state index in [4.69, 9.17) is 0 Å². The lowest BCUT2D eigenvalue weighted by Gasteiger charge is -2.35. The maximum atomic E-state index is 13.3. The number of amides is 1. The molecule has 1 atom stereocenters. The summed E-state index contributed by atoms with van der Waals surface area (Å²) in [4.78, 5) is 19.7. The molecule has 0 radical (unpaired) electrons. The fourth-order valence-corrected chi connectivity index (χ4v) is 8.35. The first kappa shape index (κ1) is 23.3. The predicted octanol–water partition coefficient (Wildman–Crippen LogP) is 6.41. The summed E-state index contributed by atoms with van der Waals surface area (Å²) in [7, 11) is 0. The lowest BCUT2D eigenvalue weighted by atomic mass is 9.91. The van der Waals surface area contributed by atoms with Crippen LogP contribution in [0.1, 0.15) is 74.7 Å². The summed E-state index contributed by atoms with van der Waals surface area (Å²) >= 11 is 3.50. The zero-order chi connectivity index (χ0) is 23.7. The Balaban J connectivity index is 1.41. The predicted molar refractivity (Wildman–Crippen MR) is 141 cm³/mol. The molecule has 1 aliphatic heterocycles. The van der Waals surface area contributed by atoms with Crippen LogP contribution in [0.5, 0.6) is 0 Å². The Morgan fingerprint density at radius 3 is 2.68 bits per heavy atom. The summed E-state index contributed by atoms with van der Waals surface area (Å²) in [5.74, 6) is -0.0266. The van der Waals surface area contributed by atoms with Crippen molar-refractivity contribution in [3.63, 3.8) is 0 Å². The molecule has 0 bridgehead atoms. The van der Waals surface area contributed by atoms with Crippen molar-refractivity contribution in [2.75, 3.05) is 18.4 Å². The maximum absolute atomic E-state index is 13.3. The third-order valence-corrected chi connectivity index (χ3v) is 9.66. The standard InChI is InChI=1S/C28H31N3OS2/c1-3-20-18(2)33-27-22(20)14-15-31(26(27)19-10-6-4-7-11-19)17-25(32)30-28-23(16-29)21-12-8-5-9-13-24(21)34-28/h4,6-7,10-11,26H,3,5,8-9,12-15,17H2,1-2H3,(H,30,32). The van der Waals surface area contributed by atoms with Gasteiger partial charge in [0, 0.05) is 21.2 Å². The van der Waals surface area contributed by atoms with Gasteiger partial charge in [-0.15, -0.1) is 22.7 Å². The van der Waals surface area contributed by atoms with Crippen molar-refractivity contribution in [3.8, 4) is 6.07 Å². The van der Waals surface area contributed by atoms with Crippen molar-refractivity contribution in [1.82, 2.24) is 4.90 Å². The lowest BCUT2D eigenvalue weighted by Crippen LogP contribution is -2.40. The molecule has 1 aromatic carbocycles. The summed E-state index contributed by atoms with van der Waals surface area (Å²) in [6.07, 6.45) is 7.52. The molecule has 0 saturated heterocycles. The minimum atomic E-state index is -0.0266. The fourth-order valence-electron chi connectivity index (χ4n) is 5.62. The molecule has 0 fully saturated rings. The van der Waals surface area contributed by atoms with Crippen LogP contribution in [0.15, 0.2) is 30.3 Å². The molecular weight excluding hydrogens is 458 g/mol. The van der Waals surface area contributed by atoms with Crippen LogP contribution in [0.2, 0.25) is 0 Å². The zero-order valence-corrected chi connectivity index (χ0v) is 21.6. The average Bonchev–Trinajstić information content (AvgIpc) is 3.24. The van der Waals surface area contributed by atoms with Crippen LogP contribution in [0.25, 0.3) is 0 Å². The van der Waals surface area contributed by atoms with Gasteiger partial charge in [-0.25, -0.2) is 0 Å². The molecule has 2 aliphatic rings. The van der Waals surface area contributed by atoms with E-state index in [2.05, 4.69) is 54.4 Å². The second kappa shape index (κ2) is 10.0. The van der Waals surface area contributed by atoms with Gasteiger partial charge in [-0.1, -0.05) is 43.7 Å².